The first kappa shape index (κ1) is 12.0. The molecule has 0 aliphatic carbocycles. The molecule has 0 radical (unpaired) electrons. The molecule has 0 spiro atoms. The number of rotatable bonds is 4. The van der Waals surface area contributed by atoms with Gasteiger partial charge in [-0.2, -0.15) is 0 Å². The van der Waals surface area contributed by atoms with E-state index in [-0.39, 0.29) is 6.04 Å². The molecule has 0 bridgehead atoms. The molecule has 0 amide bonds. The Labute approximate surface area is 91.4 Å². The highest BCUT2D eigenvalue weighted by atomic mass is 16.5. The van der Waals surface area contributed by atoms with Gasteiger partial charge in [0, 0.05) is 18.2 Å². The Morgan fingerprint density at radius 1 is 1.33 bits per heavy atom. The monoisotopic (exact) mass is 208 g/mol. The molecule has 0 heterocycles. The highest BCUT2D eigenvalue weighted by Crippen LogP contribution is 2.27. The van der Waals surface area contributed by atoms with Crippen molar-refractivity contribution in [3.8, 4) is 5.75 Å². The predicted octanol–water partition coefficient (Wildman–Crippen LogP) is 1.78. The quantitative estimate of drug-likeness (QED) is 0.792. The summed E-state index contributed by atoms with van der Waals surface area (Å²) in [4.78, 5) is 0. The zero-order valence-electron chi connectivity index (χ0n) is 9.66. The number of ether oxygens (including phenoxy) is 1. The largest absolute Gasteiger partial charge is 0.496 e. The van der Waals surface area contributed by atoms with E-state index in [1.165, 1.54) is 5.56 Å². The second-order valence-electron chi connectivity index (χ2n) is 4.00. The standard InChI is InChI=1S/C12H20N2O/c1-8(2)9-4-5-10(11(14)7-13)12(6-9)15-3/h4-6,8,11H,7,13-14H2,1-3H3. The summed E-state index contributed by atoms with van der Waals surface area (Å²) in [5, 5.41) is 0. The summed E-state index contributed by atoms with van der Waals surface area (Å²) in [7, 11) is 1.66. The van der Waals surface area contributed by atoms with E-state index in [0.717, 1.165) is 11.3 Å². The Morgan fingerprint density at radius 3 is 2.47 bits per heavy atom. The van der Waals surface area contributed by atoms with Gasteiger partial charge in [-0.05, 0) is 17.5 Å². The van der Waals surface area contributed by atoms with Crippen molar-refractivity contribution in [2.24, 2.45) is 11.5 Å². The summed E-state index contributed by atoms with van der Waals surface area (Å²) >= 11 is 0. The van der Waals surface area contributed by atoms with Crippen LogP contribution in [-0.2, 0) is 0 Å². The normalized spacial score (nSPS) is 12.9. The number of hydrogen-bond acceptors (Lipinski definition) is 3. The van der Waals surface area contributed by atoms with Gasteiger partial charge in [0.05, 0.1) is 7.11 Å². The number of nitrogens with two attached hydrogens (primary N) is 2. The maximum absolute atomic E-state index is 5.89. The third-order valence-corrected chi connectivity index (χ3v) is 2.58. The van der Waals surface area contributed by atoms with Crippen LogP contribution in [0.3, 0.4) is 0 Å². The third-order valence-electron chi connectivity index (χ3n) is 2.58. The van der Waals surface area contributed by atoms with Crippen LogP contribution in [0.15, 0.2) is 18.2 Å². The molecule has 1 rings (SSSR count). The van der Waals surface area contributed by atoms with Gasteiger partial charge < -0.3 is 16.2 Å². The molecule has 0 fully saturated rings. The molecular formula is C12H20N2O. The van der Waals surface area contributed by atoms with E-state index < -0.39 is 0 Å². The first-order valence-corrected chi connectivity index (χ1v) is 5.23. The fourth-order valence-electron chi connectivity index (χ4n) is 1.52. The smallest absolute Gasteiger partial charge is 0.123 e. The SMILES string of the molecule is COc1cc(C(C)C)ccc1C(N)CN. The van der Waals surface area contributed by atoms with Crippen molar-refractivity contribution in [1.82, 2.24) is 0 Å². The van der Waals surface area contributed by atoms with Crippen LogP contribution >= 0.6 is 0 Å². The van der Waals surface area contributed by atoms with Crippen LogP contribution in [-0.4, -0.2) is 13.7 Å². The second-order valence-corrected chi connectivity index (χ2v) is 4.00. The van der Waals surface area contributed by atoms with Crippen LogP contribution < -0.4 is 16.2 Å². The minimum Gasteiger partial charge on any atom is -0.496 e. The third kappa shape index (κ3) is 2.70. The topological polar surface area (TPSA) is 61.3 Å². The van der Waals surface area contributed by atoms with E-state index in [2.05, 4.69) is 19.9 Å². The lowest BCUT2D eigenvalue weighted by Crippen LogP contribution is -2.21. The van der Waals surface area contributed by atoms with Gasteiger partial charge in [0.1, 0.15) is 5.75 Å². The Morgan fingerprint density at radius 2 is 2.00 bits per heavy atom. The zero-order chi connectivity index (χ0) is 11.4. The number of methoxy groups -OCH3 is 1. The fourth-order valence-corrected chi connectivity index (χ4v) is 1.52. The summed E-state index contributed by atoms with van der Waals surface area (Å²) in [6, 6.07) is 5.97. The van der Waals surface area contributed by atoms with E-state index in [1.54, 1.807) is 7.11 Å². The summed E-state index contributed by atoms with van der Waals surface area (Å²) in [5.74, 6) is 1.32. The Hall–Kier alpha value is -1.06. The van der Waals surface area contributed by atoms with E-state index in [9.17, 15) is 0 Å². The highest BCUT2D eigenvalue weighted by Gasteiger charge is 2.11. The highest BCUT2D eigenvalue weighted by molar-refractivity contribution is 5.40. The van der Waals surface area contributed by atoms with Gasteiger partial charge >= 0.3 is 0 Å². The Balaban J connectivity index is 3.09. The molecule has 0 aliphatic heterocycles. The van der Waals surface area contributed by atoms with Crippen molar-refractivity contribution in [3.05, 3.63) is 29.3 Å². The van der Waals surface area contributed by atoms with Crippen molar-refractivity contribution in [3.63, 3.8) is 0 Å². The van der Waals surface area contributed by atoms with Gasteiger partial charge in [0.2, 0.25) is 0 Å². The van der Waals surface area contributed by atoms with Crippen molar-refractivity contribution in [2.45, 2.75) is 25.8 Å². The van der Waals surface area contributed by atoms with Crippen LogP contribution in [0.1, 0.15) is 36.9 Å². The first-order valence-electron chi connectivity index (χ1n) is 5.23. The van der Waals surface area contributed by atoms with Gasteiger partial charge in [-0.25, -0.2) is 0 Å². The summed E-state index contributed by atoms with van der Waals surface area (Å²) in [6.07, 6.45) is 0. The molecule has 4 N–H and O–H groups in total. The van der Waals surface area contributed by atoms with Crippen molar-refractivity contribution in [1.29, 1.82) is 0 Å². The van der Waals surface area contributed by atoms with Gasteiger partial charge in [-0.1, -0.05) is 26.0 Å². The maximum Gasteiger partial charge on any atom is 0.123 e. The predicted molar refractivity (Wildman–Crippen MR) is 63.1 cm³/mol. The minimum atomic E-state index is -0.152. The molecule has 0 aromatic heterocycles. The molecule has 1 unspecified atom stereocenters. The average molecular weight is 208 g/mol. The lowest BCUT2D eigenvalue weighted by molar-refractivity contribution is 0.405. The molecule has 0 aliphatic rings. The van der Waals surface area contributed by atoms with Crippen LogP contribution in [0.4, 0.5) is 0 Å². The Bertz CT molecular complexity index is 323. The lowest BCUT2D eigenvalue weighted by Gasteiger charge is -2.16. The summed E-state index contributed by atoms with van der Waals surface area (Å²) < 4.78 is 5.32. The van der Waals surface area contributed by atoms with E-state index in [1.807, 2.05) is 12.1 Å². The molecule has 84 valence electrons. The first-order chi connectivity index (χ1) is 7.10. The van der Waals surface area contributed by atoms with Crippen molar-refractivity contribution >= 4 is 0 Å². The second kappa shape index (κ2) is 5.14. The molecule has 0 saturated carbocycles. The van der Waals surface area contributed by atoms with Crippen LogP contribution in [0.2, 0.25) is 0 Å². The molecule has 1 atom stereocenters. The van der Waals surface area contributed by atoms with Crippen LogP contribution in [0.5, 0.6) is 5.75 Å². The molecule has 3 heteroatoms. The van der Waals surface area contributed by atoms with Gasteiger partial charge in [-0.15, -0.1) is 0 Å². The lowest BCUT2D eigenvalue weighted by atomic mass is 9.98. The molecular weight excluding hydrogens is 188 g/mol. The zero-order valence-corrected chi connectivity index (χ0v) is 9.66. The summed E-state index contributed by atoms with van der Waals surface area (Å²) in [5.41, 5.74) is 13.7. The number of benzene rings is 1. The van der Waals surface area contributed by atoms with Gasteiger partial charge in [0.25, 0.3) is 0 Å². The molecule has 3 nitrogen and oxygen atoms in total. The Kier molecular flexibility index (Phi) is 4.12. The molecule has 15 heavy (non-hydrogen) atoms. The fraction of sp³-hybridized carbons (Fsp3) is 0.500. The van der Waals surface area contributed by atoms with Crippen LogP contribution in [0.25, 0.3) is 0 Å². The van der Waals surface area contributed by atoms with E-state index in [4.69, 9.17) is 16.2 Å². The number of hydrogen-bond donors (Lipinski definition) is 2. The summed E-state index contributed by atoms with van der Waals surface area (Å²) in [6.45, 7) is 4.73. The average Bonchev–Trinajstić information content (AvgIpc) is 2.27. The van der Waals surface area contributed by atoms with E-state index >= 15 is 0 Å². The van der Waals surface area contributed by atoms with E-state index in [0.29, 0.717) is 12.5 Å². The van der Waals surface area contributed by atoms with Crippen molar-refractivity contribution in [2.75, 3.05) is 13.7 Å². The van der Waals surface area contributed by atoms with Crippen molar-refractivity contribution < 1.29 is 4.74 Å². The van der Waals surface area contributed by atoms with Gasteiger partial charge in [0.15, 0.2) is 0 Å². The molecule has 0 saturated heterocycles. The molecule has 1 aromatic carbocycles. The maximum atomic E-state index is 5.89. The van der Waals surface area contributed by atoms with Crippen LogP contribution in [0, 0.1) is 0 Å². The molecule has 1 aromatic rings. The van der Waals surface area contributed by atoms with Gasteiger partial charge in [-0.3, -0.25) is 0 Å². The minimum absolute atomic E-state index is 0.152.